The zero-order valence-corrected chi connectivity index (χ0v) is 16.1. The lowest BCUT2D eigenvalue weighted by Gasteiger charge is -2.19. The number of benzene rings is 3. The number of epoxide rings is 1. The van der Waals surface area contributed by atoms with Crippen LogP contribution in [0.4, 0.5) is 4.79 Å². The summed E-state index contributed by atoms with van der Waals surface area (Å²) in [6.07, 6.45) is 0.411. The van der Waals surface area contributed by atoms with Gasteiger partial charge < -0.3 is 14.8 Å². The normalized spacial score (nSPS) is 17.9. The molecule has 5 rings (SSSR count). The molecule has 29 heavy (non-hydrogen) atoms. The van der Waals surface area contributed by atoms with E-state index in [0.29, 0.717) is 13.2 Å². The van der Waals surface area contributed by atoms with E-state index in [-0.39, 0.29) is 24.2 Å². The van der Waals surface area contributed by atoms with Gasteiger partial charge in [-0.25, -0.2) is 4.79 Å². The number of nitrogens with one attached hydrogen (secondary N) is 1. The van der Waals surface area contributed by atoms with Gasteiger partial charge in [0.05, 0.1) is 12.6 Å². The molecule has 4 nitrogen and oxygen atoms in total. The lowest BCUT2D eigenvalue weighted by molar-refractivity contribution is 0.136. The van der Waals surface area contributed by atoms with Gasteiger partial charge in [-0.15, -0.1) is 0 Å². The van der Waals surface area contributed by atoms with Gasteiger partial charge in [0.1, 0.15) is 12.7 Å². The number of alkyl carbamates (subject to hydrolysis) is 1. The Morgan fingerprint density at radius 2 is 1.52 bits per heavy atom. The lowest BCUT2D eigenvalue weighted by Crippen LogP contribution is -2.41. The minimum atomic E-state index is -0.386. The van der Waals surface area contributed by atoms with Crippen LogP contribution in [-0.4, -0.2) is 31.5 Å². The number of hydrogen-bond donors (Lipinski definition) is 1. The summed E-state index contributed by atoms with van der Waals surface area (Å²) in [4.78, 5) is 12.6. The maximum Gasteiger partial charge on any atom is 0.407 e. The average molecular weight is 385 g/mol. The molecular weight excluding hydrogens is 362 g/mol. The van der Waals surface area contributed by atoms with Gasteiger partial charge in [-0.05, 0) is 34.2 Å². The van der Waals surface area contributed by atoms with Crippen molar-refractivity contribution < 1.29 is 14.3 Å². The van der Waals surface area contributed by atoms with E-state index in [9.17, 15) is 4.79 Å². The maximum absolute atomic E-state index is 12.6. The Labute approximate surface area is 170 Å². The fourth-order valence-corrected chi connectivity index (χ4v) is 4.22. The average Bonchev–Trinajstić information content (AvgIpc) is 3.56. The van der Waals surface area contributed by atoms with Crippen molar-refractivity contribution in [2.75, 3.05) is 13.2 Å². The Balaban J connectivity index is 1.26. The fourth-order valence-electron chi connectivity index (χ4n) is 4.22. The Kier molecular flexibility index (Phi) is 4.78. The van der Waals surface area contributed by atoms with Crippen LogP contribution in [-0.2, 0) is 15.9 Å². The number of hydrogen-bond acceptors (Lipinski definition) is 3. The quantitative estimate of drug-likeness (QED) is 0.634. The van der Waals surface area contributed by atoms with E-state index < -0.39 is 0 Å². The van der Waals surface area contributed by atoms with E-state index in [0.717, 1.165) is 6.42 Å². The number of rotatable bonds is 6. The largest absolute Gasteiger partial charge is 0.449 e. The fraction of sp³-hybridized carbons (Fsp3) is 0.240. The molecule has 3 aromatic rings. The first-order valence-electron chi connectivity index (χ1n) is 10.1. The van der Waals surface area contributed by atoms with Crippen LogP contribution in [0.1, 0.15) is 22.6 Å². The van der Waals surface area contributed by atoms with Crippen LogP contribution in [0.5, 0.6) is 0 Å². The first-order valence-corrected chi connectivity index (χ1v) is 10.1. The van der Waals surface area contributed by atoms with Gasteiger partial charge in [0.2, 0.25) is 0 Å². The number of carbonyl (C=O) groups excluding carboxylic acids is 1. The van der Waals surface area contributed by atoms with Gasteiger partial charge in [0, 0.05) is 5.92 Å². The molecule has 0 saturated carbocycles. The predicted molar refractivity (Wildman–Crippen MR) is 112 cm³/mol. The van der Waals surface area contributed by atoms with Crippen LogP contribution >= 0.6 is 0 Å². The molecule has 1 amide bonds. The minimum Gasteiger partial charge on any atom is -0.449 e. The monoisotopic (exact) mass is 385 g/mol. The van der Waals surface area contributed by atoms with Crippen molar-refractivity contribution >= 4 is 6.09 Å². The molecule has 0 aromatic heterocycles. The van der Waals surface area contributed by atoms with Crippen molar-refractivity contribution in [2.45, 2.75) is 24.5 Å². The molecule has 0 bridgehead atoms. The van der Waals surface area contributed by atoms with Crippen molar-refractivity contribution in [3.05, 3.63) is 95.6 Å². The van der Waals surface area contributed by atoms with E-state index in [2.05, 4.69) is 53.8 Å². The number of ether oxygens (including phenoxy) is 2. The summed E-state index contributed by atoms with van der Waals surface area (Å²) in [6, 6.07) is 26.8. The highest BCUT2D eigenvalue weighted by Crippen LogP contribution is 2.44. The molecule has 0 unspecified atom stereocenters. The molecule has 0 spiro atoms. The van der Waals surface area contributed by atoms with Crippen LogP contribution in [0.25, 0.3) is 11.1 Å². The number of carbonyl (C=O) groups is 1. The van der Waals surface area contributed by atoms with Crippen molar-refractivity contribution in [1.82, 2.24) is 5.32 Å². The topological polar surface area (TPSA) is 50.9 Å². The first-order chi connectivity index (χ1) is 14.3. The molecule has 1 aliphatic heterocycles. The Morgan fingerprint density at radius 1 is 0.931 bits per heavy atom. The van der Waals surface area contributed by atoms with Crippen molar-refractivity contribution in [1.29, 1.82) is 0 Å². The van der Waals surface area contributed by atoms with Gasteiger partial charge in [-0.1, -0.05) is 78.9 Å². The third kappa shape index (κ3) is 3.76. The second-order valence-corrected chi connectivity index (χ2v) is 7.64. The zero-order chi connectivity index (χ0) is 19.6. The van der Waals surface area contributed by atoms with Crippen LogP contribution in [0.3, 0.4) is 0 Å². The molecule has 2 aliphatic rings. The molecule has 3 aromatic carbocycles. The number of amides is 1. The maximum atomic E-state index is 12.6. The van der Waals surface area contributed by atoms with Gasteiger partial charge in [-0.2, -0.15) is 0 Å². The SMILES string of the molecule is O=C(N[C@@H](Cc1ccccc1)[C@H]1CO1)OCC1c2ccccc2-c2ccccc21. The summed E-state index contributed by atoms with van der Waals surface area (Å²) in [7, 11) is 0. The smallest absolute Gasteiger partial charge is 0.407 e. The third-order valence-corrected chi connectivity index (χ3v) is 5.75. The Hall–Kier alpha value is -3.11. The summed E-state index contributed by atoms with van der Waals surface area (Å²) in [5, 5.41) is 3.01. The molecular formula is C25H23NO3. The molecule has 1 fully saturated rings. The van der Waals surface area contributed by atoms with Crippen molar-refractivity contribution in [2.24, 2.45) is 0 Å². The molecule has 4 heteroatoms. The van der Waals surface area contributed by atoms with Crippen LogP contribution in [0.15, 0.2) is 78.9 Å². The Morgan fingerprint density at radius 3 is 2.14 bits per heavy atom. The molecule has 2 atom stereocenters. The highest BCUT2D eigenvalue weighted by Gasteiger charge is 2.35. The molecule has 0 radical (unpaired) electrons. The molecule has 1 N–H and O–H groups in total. The van der Waals surface area contributed by atoms with Crippen LogP contribution in [0, 0.1) is 0 Å². The standard InChI is InChI=1S/C25H23NO3/c27-25(26-23(24-16-28-24)14-17-8-2-1-3-9-17)29-15-22-20-12-6-4-10-18(20)19-11-5-7-13-21(19)22/h1-13,22-24H,14-16H2,(H,26,27)/t23-,24+/m0/s1. The van der Waals surface area contributed by atoms with Gasteiger partial charge >= 0.3 is 6.09 Å². The lowest BCUT2D eigenvalue weighted by atomic mass is 9.98. The summed E-state index contributed by atoms with van der Waals surface area (Å²) >= 11 is 0. The van der Waals surface area contributed by atoms with Crippen molar-refractivity contribution in [3.8, 4) is 11.1 Å². The highest BCUT2D eigenvalue weighted by atomic mass is 16.6. The van der Waals surface area contributed by atoms with Gasteiger partial charge in [0.15, 0.2) is 0 Å². The predicted octanol–water partition coefficient (Wildman–Crippen LogP) is 4.54. The van der Waals surface area contributed by atoms with Crippen molar-refractivity contribution in [3.63, 3.8) is 0 Å². The van der Waals surface area contributed by atoms with E-state index in [4.69, 9.17) is 9.47 Å². The summed E-state index contributed by atoms with van der Waals surface area (Å²) < 4.78 is 11.1. The molecule has 1 aliphatic carbocycles. The molecule has 146 valence electrons. The first kappa shape index (κ1) is 18.0. The summed E-state index contributed by atoms with van der Waals surface area (Å²) in [6.45, 7) is 1.00. The van der Waals surface area contributed by atoms with E-state index in [1.54, 1.807) is 0 Å². The Bertz CT molecular complexity index is 968. The summed E-state index contributed by atoms with van der Waals surface area (Å²) in [5.41, 5.74) is 6.06. The minimum absolute atomic E-state index is 0.0655. The van der Waals surface area contributed by atoms with Crippen LogP contribution in [0.2, 0.25) is 0 Å². The summed E-state index contributed by atoms with van der Waals surface area (Å²) in [5.74, 6) is 0.0675. The van der Waals surface area contributed by atoms with Crippen LogP contribution < -0.4 is 5.32 Å². The van der Waals surface area contributed by atoms with E-state index in [1.807, 2.05) is 30.3 Å². The van der Waals surface area contributed by atoms with E-state index >= 15 is 0 Å². The highest BCUT2D eigenvalue weighted by molar-refractivity contribution is 5.79. The third-order valence-electron chi connectivity index (χ3n) is 5.75. The number of fused-ring (bicyclic) bond motifs is 3. The second kappa shape index (κ2) is 7.72. The van der Waals surface area contributed by atoms with Gasteiger partial charge in [0.25, 0.3) is 0 Å². The molecule has 1 saturated heterocycles. The zero-order valence-electron chi connectivity index (χ0n) is 16.1. The second-order valence-electron chi connectivity index (χ2n) is 7.64. The molecule has 1 heterocycles. The van der Waals surface area contributed by atoms with Gasteiger partial charge in [-0.3, -0.25) is 0 Å². The van der Waals surface area contributed by atoms with E-state index in [1.165, 1.54) is 27.8 Å².